The molecule has 0 aromatic heterocycles. The standard InChI is InChI=1S/C29H54N8O12/c1-14(2)10-17(34-25(46)21(15(3)4)35-26(47)24(45)23(44)22(43)18(39)13-38)28(49)36(5)11-19(40)33-16(8-7-9-32-29(30)31)27(48)37(6)12-20(41)42/h14-18,21-24,38-39,43-45H,7-13H2,1-6H3,(H,33,40)(H,34,46)(H,35,47)(H,41,42)(H4,30,31,32)/t16-,17-,18+,21-,22+,23-,24+/m0/s1. The van der Waals surface area contributed by atoms with Crippen molar-refractivity contribution in [2.45, 2.75) is 89.5 Å². The minimum Gasteiger partial charge on any atom is -0.480 e. The van der Waals surface area contributed by atoms with Gasteiger partial charge in [0.15, 0.2) is 12.1 Å². The Morgan fingerprint density at radius 2 is 1.33 bits per heavy atom. The van der Waals surface area contributed by atoms with Gasteiger partial charge in [-0.05, 0) is 31.1 Å². The number of aliphatic imine (C=N–C) groups is 1. The summed E-state index contributed by atoms with van der Waals surface area (Å²) in [6.07, 6.45) is -8.04. The van der Waals surface area contributed by atoms with Crippen LogP contribution < -0.4 is 27.4 Å². The van der Waals surface area contributed by atoms with Gasteiger partial charge in [0.25, 0.3) is 5.91 Å². The molecule has 282 valence electrons. The van der Waals surface area contributed by atoms with E-state index in [-0.39, 0.29) is 37.7 Å². The van der Waals surface area contributed by atoms with Gasteiger partial charge in [0, 0.05) is 20.6 Å². The number of carbonyl (C=O) groups is 6. The molecule has 0 bridgehead atoms. The molecular formula is C29H54N8O12. The maximum absolute atomic E-state index is 13.5. The number of nitrogens with two attached hydrogens (primary N) is 2. The molecule has 0 saturated carbocycles. The van der Waals surface area contributed by atoms with Crippen molar-refractivity contribution < 1.29 is 59.4 Å². The van der Waals surface area contributed by atoms with Crippen molar-refractivity contribution in [3.8, 4) is 0 Å². The zero-order valence-electron chi connectivity index (χ0n) is 28.8. The fourth-order valence-electron chi connectivity index (χ4n) is 4.51. The monoisotopic (exact) mass is 706 g/mol. The first-order valence-electron chi connectivity index (χ1n) is 15.6. The van der Waals surface area contributed by atoms with Crippen LogP contribution in [0.4, 0.5) is 0 Å². The SMILES string of the molecule is CC(C)C[C@H](NC(=O)[C@@H](NC(=O)[C@H](O)[C@@H](O)[C@H](O)[C@H](O)CO)C(C)C)C(=O)N(C)CC(=O)N[C@@H](CCCN=C(N)N)C(=O)N(C)CC(=O)O. The van der Waals surface area contributed by atoms with E-state index in [4.69, 9.17) is 21.7 Å². The Morgan fingerprint density at radius 1 is 0.776 bits per heavy atom. The Hall–Kier alpha value is -4.11. The minimum atomic E-state index is -2.30. The number of carboxylic acid groups (broad SMARTS) is 1. The second-order valence-electron chi connectivity index (χ2n) is 12.4. The maximum Gasteiger partial charge on any atom is 0.323 e. The average molecular weight is 707 g/mol. The highest BCUT2D eigenvalue weighted by molar-refractivity contribution is 5.95. The summed E-state index contributed by atoms with van der Waals surface area (Å²) in [6, 6.07) is -3.71. The Kier molecular flexibility index (Phi) is 19.9. The Labute approximate surface area is 284 Å². The number of nitrogens with one attached hydrogen (secondary N) is 3. The molecule has 20 heteroatoms. The molecule has 0 rings (SSSR count). The summed E-state index contributed by atoms with van der Waals surface area (Å²) in [4.78, 5) is 82.2. The molecule has 7 atom stereocenters. The summed E-state index contributed by atoms with van der Waals surface area (Å²) >= 11 is 0. The molecule has 0 aromatic rings. The fourth-order valence-corrected chi connectivity index (χ4v) is 4.51. The molecule has 5 amide bonds. The first-order chi connectivity index (χ1) is 22.6. The van der Waals surface area contributed by atoms with Crippen LogP contribution in [-0.2, 0) is 28.8 Å². The zero-order valence-corrected chi connectivity index (χ0v) is 28.8. The third-order valence-electron chi connectivity index (χ3n) is 7.18. The molecule has 20 nitrogen and oxygen atoms in total. The van der Waals surface area contributed by atoms with Crippen molar-refractivity contribution in [3.63, 3.8) is 0 Å². The van der Waals surface area contributed by atoms with E-state index in [1.807, 2.05) is 0 Å². The van der Waals surface area contributed by atoms with Gasteiger partial charge in [-0.25, -0.2) is 0 Å². The summed E-state index contributed by atoms with van der Waals surface area (Å²) in [6.45, 7) is 4.64. The van der Waals surface area contributed by atoms with E-state index < -0.39 is 104 Å². The number of aliphatic hydroxyl groups is 5. The molecule has 0 aromatic carbocycles. The van der Waals surface area contributed by atoms with Gasteiger partial charge < -0.3 is 67.9 Å². The summed E-state index contributed by atoms with van der Waals surface area (Å²) in [5.41, 5.74) is 10.6. The first-order valence-corrected chi connectivity index (χ1v) is 15.6. The molecular weight excluding hydrogens is 652 g/mol. The number of likely N-dealkylation sites (N-methyl/N-ethyl adjacent to an activating group) is 2. The van der Waals surface area contributed by atoms with Crippen LogP contribution >= 0.6 is 0 Å². The Bertz CT molecular complexity index is 1150. The van der Waals surface area contributed by atoms with E-state index in [1.165, 1.54) is 14.1 Å². The van der Waals surface area contributed by atoms with Gasteiger partial charge in [0.05, 0.1) is 13.2 Å². The number of rotatable bonds is 22. The molecule has 13 N–H and O–H groups in total. The van der Waals surface area contributed by atoms with Crippen molar-refractivity contribution in [3.05, 3.63) is 0 Å². The molecule has 0 heterocycles. The minimum absolute atomic E-state index is 0.0457. The average Bonchev–Trinajstić information content (AvgIpc) is 3.01. The number of guanidine groups is 1. The number of aliphatic hydroxyl groups excluding tert-OH is 5. The van der Waals surface area contributed by atoms with E-state index in [2.05, 4.69) is 20.9 Å². The second-order valence-corrected chi connectivity index (χ2v) is 12.4. The zero-order chi connectivity index (χ0) is 38.2. The molecule has 0 aliphatic carbocycles. The van der Waals surface area contributed by atoms with Crippen LogP contribution in [0.25, 0.3) is 0 Å². The van der Waals surface area contributed by atoms with Gasteiger partial charge in [-0.3, -0.25) is 33.8 Å². The lowest BCUT2D eigenvalue weighted by molar-refractivity contribution is -0.151. The van der Waals surface area contributed by atoms with Gasteiger partial charge >= 0.3 is 5.97 Å². The van der Waals surface area contributed by atoms with Crippen LogP contribution in [0.2, 0.25) is 0 Å². The third kappa shape index (κ3) is 16.2. The van der Waals surface area contributed by atoms with Crippen LogP contribution in [0.1, 0.15) is 47.0 Å². The van der Waals surface area contributed by atoms with Crippen molar-refractivity contribution in [1.82, 2.24) is 25.8 Å². The molecule has 0 aliphatic rings. The van der Waals surface area contributed by atoms with E-state index >= 15 is 0 Å². The summed E-state index contributed by atoms with van der Waals surface area (Å²) in [7, 11) is 2.54. The largest absolute Gasteiger partial charge is 0.480 e. The number of aliphatic carboxylic acids is 1. The smallest absolute Gasteiger partial charge is 0.323 e. The first kappa shape index (κ1) is 44.9. The van der Waals surface area contributed by atoms with Crippen molar-refractivity contribution in [2.75, 3.05) is 40.3 Å². The lowest BCUT2D eigenvalue weighted by Gasteiger charge is -2.30. The highest BCUT2D eigenvalue weighted by Crippen LogP contribution is 2.12. The number of nitrogens with zero attached hydrogens (tertiary/aromatic N) is 3. The van der Waals surface area contributed by atoms with E-state index in [0.29, 0.717) is 0 Å². The summed E-state index contributed by atoms with van der Waals surface area (Å²) in [5, 5.41) is 64.9. The van der Waals surface area contributed by atoms with Crippen LogP contribution in [0.5, 0.6) is 0 Å². The quantitative estimate of drug-likeness (QED) is 0.0285. The van der Waals surface area contributed by atoms with Crippen LogP contribution in [-0.4, -0.2) is 165 Å². The van der Waals surface area contributed by atoms with Gasteiger partial charge in [0.1, 0.15) is 43.0 Å². The van der Waals surface area contributed by atoms with Crippen LogP contribution in [0, 0.1) is 11.8 Å². The number of hydrogen-bond donors (Lipinski definition) is 11. The predicted molar refractivity (Wildman–Crippen MR) is 174 cm³/mol. The van der Waals surface area contributed by atoms with E-state index in [0.717, 1.165) is 9.80 Å². The van der Waals surface area contributed by atoms with Gasteiger partial charge in [0.2, 0.25) is 23.6 Å². The van der Waals surface area contributed by atoms with Crippen molar-refractivity contribution >= 4 is 41.5 Å². The maximum atomic E-state index is 13.5. The van der Waals surface area contributed by atoms with E-state index in [9.17, 15) is 49.2 Å². The highest BCUT2D eigenvalue weighted by atomic mass is 16.4. The van der Waals surface area contributed by atoms with Crippen LogP contribution in [0.15, 0.2) is 4.99 Å². The Morgan fingerprint density at radius 3 is 1.82 bits per heavy atom. The normalized spacial score (nSPS) is 15.5. The summed E-state index contributed by atoms with van der Waals surface area (Å²) in [5.74, 6) is -6.46. The molecule has 49 heavy (non-hydrogen) atoms. The third-order valence-corrected chi connectivity index (χ3v) is 7.18. The van der Waals surface area contributed by atoms with E-state index in [1.54, 1.807) is 27.7 Å². The van der Waals surface area contributed by atoms with Gasteiger partial charge in [-0.15, -0.1) is 0 Å². The van der Waals surface area contributed by atoms with Gasteiger partial charge in [-0.2, -0.15) is 0 Å². The molecule has 0 radical (unpaired) electrons. The molecule has 0 saturated heterocycles. The molecule has 0 aliphatic heterocycles. The fraction of sp³-hybridized carbons (Fsp3) is 0.759. The number of carboxylic acids is 1. The second kappa shape index (κ2) is 21.8. The lowest BCUT2D eigenvalue weighted by atomic mass is 9.98. The molecule has 0 fully saturated rings. The van der Waals surface area contributed by atoms with Crippen molar-refractivity contribution in [2.24, 2.45) is 28.3 Å². The van der Waals surface area contributed by atoms with Crippen molar-refractivity contribution in [1.29, 1.82) is 0 Å². The number of amides is 5. The predicted octanol–water partition coefficient (Wildman–Crippen LogP) is -5.37. The topological polar surface area (TPSA) is 331 Å². The number of carbonyl (C=O) groups excluding carboxylic acids is 5. The number of hydrogen-bond acceptors (Lipinski definition) is 12. The summed E-state index contributed by atoms with van der Waals surface area (Å²) < 4.78 is 0. The Balaban J connectivity index is 5.79. The lowest BCUT2D eigenvalue weighted by Crippen LogP contribution is -2.59. The van der Waals surface area contributed by atoms with Crippen LogP contribution in [0.3, 0.4) is 0 Å². The molecule has 0 spiro atoms. The van der Waals surface area contributed by atoms with Gasteiger partial charge in [-0.1, -0.05) is 27.7 Å². The highest BCUT2D eigenvalue weighted by Gasteiger charge is 2.37. The molecule has 0 unspecified atom stereocenters.